The minimum Gasteiger partial charge on any atom is -0.388 e. The van der Waals surface area contributed by atoms with Gasteiger partial charge in [-0.3, -0.25) is 0 Å². The lowest BCUT2D eigenvalue weighted by atomic mass is 9.98. The highest BCUT2D eigenvalue weighted by Crippen LogP contribution is 2.28. The van der Waals surface area contributed by atoms with E-state index in [1.165, 1.54) is 12.1 Å². The van der Waals surface area contributed by atoms with E-state index in [1.54, 1.807) is 6.07 Å². The van der Waals surface area contributed by atoms with Crippen molar-refractivity contribution in [1.29, 1.82) is 0 Å². The highest BCUT2D eigenvalue weighted by atomic mass is 35.5. The zero-order chi connectivity index (χ0) is 13.1. The molecule has 1 atom stereocenters. The van der Waals surface area contributed by atoms with Gasteiger partial charge < -0.3 is 5.11 Å². The van der Waals surface area contributed by atoms with Gasteiger partial charge in [-0.25, -0.2) is 4.39 Å². The second kappa shape index (κ2) is 5.51. The van der Waals surface area contributed by atoms with Crippen LogP contribution in [-0.2, 0) is 6.42 Å². The van der Waals surface area contributed by atoms with E-state index in [0.717, 1.165) is 11.1 Å². The smallest absolute Gasteiger partial charge is 0.130 e. The third-order valence-electron chi connectivity index (χ3n) is 3.01. The molecule has 94 valence electrons. The van der Waals surface area contributed by atoms with Crippen LogP contribution in [0.3, 0.4) is 0 Å². The number of aryl methyl sites for hydroxylation is 1. The molecule has 0 amide bonds. The first-order valence-electron chi connectivity index (χ1n) is 5.76. The molecule has 0 aliphatic carbocycles. The van der Waals surface area contributed by atoms with Crippen molar-refractivity contribution in [1.82, 2.24) is 0 Å². The van der Waals surface area contributed by atoms with Crippen molar-refractivity contribution in [2.45, 2.75) is 19.4 Å². The van der Waals surface area contributed by atoms with E-state index in [2.05, 4.69) is 0 Å². The van der Waals surface area contributed by atoms with E-state index in [1.807, 2.05) is 31.2 Å². The highest BCUT2D eigenvalue weighted by Gasteiger charge is 2.17. The fourth-order valence-electron chi connectivity index (χ4n) is 1.98. The number of aliphatic hydroxyl groups excluding tert-OH is 1. The average Bonchev–Trinajstić information content (AvgIpc) is 2.32. The van der Waals surface area contributed by atoms with Crippen LogP contribution in [0, 0.1) is 12.7 Å². The number of aliphatic hydroxyl groups is 1. The summed E-state index contributed by atoms with van der Waals surface area (Å²) < 4.78 is 13.7. The Hall–Kier alpha value is -1.38. The van der Waals surface area contributed by atoms with E-state index in [4.69, 9.17) is 11.6 Å². The first kappa shape index (κ1) is 13.1. The van der Waals surface area contributed by atoms with E-state index >= 15 is 0 Å². The Kier molecular flexibility index (Phi) is 4.00. The summed E-state index contributed by atoms with van der Waals surface area (Å²) in [4.78, 5) is 0. The van der Waals surface area contributed by atoms with Crippen LogP contribution in [0.1, 0.15) is 22.8 Å². The molecule has 0 aliphatic rings. The zero-order valence-electron chi connectivity index (χ0n) is 10.0. The molecule has 3 heteroatoms. The van der Waals surface area contributed by atoms with Crippen molar-refractivity contribution < 1.29 is 9.50 Å². The first-order chi connectivity index (χ1) is 8.59. The lowest BCUT2D eigenvalue weighted by molar-refractivity contribution is 0.173. The molecular weight excluding hydrogens is 251 g/mol. The van der Waals surface area contributed by atoms with Gasteiger partial charge in [-0.1, -0.05) is 41.9 Å². The number of halogens is 2. The van der Waals surface area contributed by atoms with Gasteiger partial charge in [-0.15, -0.1) is 0 Å². The van der Waals surface area contributed by atoms with Gasteiger partial charge in [0.15, 0.2) is 0 Å². The summed E-state index contributed by atoms with van der Waals surface area (Å²) in [6.07, 6.45) is -0.576. The van der Waals surface area contributed by atoms with Gasteiger partial charge in [0, 0.05) is 17.0 Å². The van der Waals surface area contributed by atoms with Crippen molar-refractivity contribution in [2.24, 2.45) is 0 Å². The maximum atomic E-state index is 13.7. The average molecular weight is 265 g/mol. The number of rotatable bonds is 3. The monoisotopic (exact) mass is 264 g/mol. The fraction of sp³-hybridized carbons (Fsp3) is 0.200. The predicted molar refractivity (Wildman–Crippen MR) is 71.3 cm³/mol. The van der Waals surface area contributed by atoms with Crippen LogP contribution in [0.2, 0.25) is 5.02 Å². The minimum atomic E-state index is -0.931. The summed E-state index contributed by atoms with van der Waals surface area (Å²) in [6.45, 7) is 1.96. The molecule has 2 aromatic carbocycles. The Labute approximate surface area is 111 Å². The molecule has 1 nitrogen and oxygen atoms in total. The van der Waals surface area contributed by atoms with Crippen LogP contribution in [-0.4, -0.2) is 5.11 Å². The molecule has 1 N–H and O–H groups in total. The molecule has 0 bridgehead atoms. The third-order valence-corrected chi connectivity index (χ3v) is 3.34. The van der Waals surface area contributed by atoms with E-state index < -0.39 is 11.9 Å². The van der Waals surface area contributed by atoms with Gasteiger partial charge >= 0.3 is 0 Å². The number of hydrogen-bond donors (Lipinski definition) is 1. The molecule has 0 aromatic heterocycles. The molecule has 2 rings (SSSR count). The normalized spacial score (nSPS) is 12.4. The highest BCUT2D eigenvalue weighted by molar-refractivity contribution is 6.31. The van der Waals surface area contributed by atoms with Crippen LogP contribution >= 0.6 is 11.6 Å². The molecule has 0 spiro atoms. The van der Waals surface area contributed by atoms with Crippen LogP contribution in [0.4, 0.5) is 4.39 Å². The van der Waals surface area contributed by atoms with E-state index in [9.17, 15) is 9.50 Å². The van der Waals surface area contributed by atoms with Crippen LogP contribution in [0.25, 0.3) is 0 Å². The molecule has 0 radical (unpaired) electrons. The quantitative estimate of drug-likeness (QED) is 0.886. The molecule has 0 saturated heterocycles. The topological polar surface area (TPSA) is 20.2 Å². The molecule has 0 aliphatic heterocycles. The van der Waals surface area contributed by atoms with E-state index in [-0.39, 0.29) is 10.6 Å². The van der Waals surface area contributed by atoms with Crippen molar-refractivity contribution in [3.05, 3.63) is 70.0 Å². The van der Waals surface area contributed by atoms with Gasteiger partial charge in [0.2, 0.25) is 0 Å². The van der Waals surface area contributed by atoms with E-state index in [0.29, 0.717) is 6.42 Å². The van der Waals surface area contributed by atoms with Crippen molar-refractivity contribution >= 4 is 11.6 Å². The number of hydrogen-bond acceptors (Lipinski definition) is 1. The van der Waals surface area contributed by atoms with Gasteiger partial charge in [0.05, 0.1) is 6.10 Å². The third kappa shape index (κ3) is 2.71. The van der Waals surface area contributed by atoms with Gasteiger partial charge in [-0.2, -0.15) is 0 Å². The Morgan fingerprint density at radius 1 is 1.17 bits per heavy atom. The van der Waals surface area contributed by atoms with Crippen molar-refractivity contribution in [3.63, 3.8) is 0 Å². The maximum absolute atomic E-state index is 13.7. The fourth-order valence-corrected chi connectivity index (χ4v) is 2.27. The standard InChI is InChI=1S/C15H14ClFO/c1-10-5-2-3-6-11(10)9-14(18)15-12(16)7-4-8-13(15)17/h2-8,14,18H,9H2,1H3. The summed E-state index contributed by atoms with van der Waals surface area (Å²) in [5, 5.41) is 10.4. The van der Waals surface area contributed by atoms with Crippen molar-refractivity contribution in [3.8, 4) is 0 Å². The minimum absolute atomic E-state index is 0.169. The SMILES string of the molecule is Cc1ccccc1CC(O)c1c(F)cccc1Cl. The molecule has 0 fully saturated rings. The summed E-state index contributed by atoms with van der Waals surface area (Å²) in [5.74, 6) is -0.469. The Balaban J connectivity index is 2.28. The number of benzene rings is 2. The second-order valence-corrected chi connectivity index (χ2v) is 4.69. The maximum Gasteiger partial charge on any atom is 0.130 e. The molecule has 2 aromatic rings. The molecular formula is C15H14ClFO. The summed E-state index contributed by atoms with van der Waals surface area (Å²) in [5.41, 5.74) is 2.23. The lowest BCUT2D eigenvalue weighted by Gasteiger charge is -2.15. The van der Waals surface area contributed by atoms with Gasteiger partial charge in [0.1, 0.15) is 5.82 Å². The summed E-state index contributed by atoms with van der Waals surface area (Å²) in [6, 6.07) is 12.1. The zero-order valence-corrected chi connectivity index (χ0v) is 10.8. The van der Waals surface area contributed by atoms with Crippen LogP contribution in [0.5, 0.6) is 0 Å². The van der Waals surface area contributed by atoms with Crippen LogP contribution in [0.15, 0.2) is 42.5 Å². The Morgan fingerprint density at radius 3 is 2.56 bits per heavy atom. The van der Waals surface area contributed by atoms with Gasteiger partial charge in [-0.05, 0) is 30.2 Å². The summed E-state index contributed by atoms with van der Waals surface area (Å²) >= 11 is 5.93. The Bertz CT molecular complexity index is 534. The lowest BCUT2D eigenvalue weighted by Crippen LogP contribution is -2.06. The first-order valence-corrected chi connectivity index (χ1v) is 6.14. The second-order valence-electron chi connectivity index (χ2n) is 4.28. The van der Waals surface area contributed by atoms with Crippen LogP contribution < -0.4 is 0 Å². The molecule has 1 unspecified atom stereocenters. The predicted octanol–water partition coefficient (Wildman–Crippen LogP) is 4.06. The Morgan fingerprint density at radius 2 is 1.89 bits per heavy atom. The molecule has 0 heterocycles. The molecule has 18 heavy (non-hydrogen) atoms. The largest absolute Gasteiger partial charge is 0.388 e. The molecule has 0 saturated carbocycles. The van der Waals surface area contributed by atoms with Gasteiger partial charge in [0.25, 0.3) is 0 Å². The summed E-state index contributed by atoms with van der Waals surface area (Å²) in [7, 11) is 0. The van der Waals surface area contributed by atoms with Crippen molar-refractivity contribution in [2.75, 3.05) is 0 Å².